The van der Waals surface area contributed by atoms with E-state index in [1.807, 2.05) is 0 Å². The molecule has 0 saturated carbocycles. The molecule has 3 unspecified atom stereocenters. The molecule has 3 atom stereocenters. The number of carbonyl (C=O) groups excluding carboxylic acids is 3. The van der Waals surface area contributed by atoms with E-state index in [1.54, 1.807) is 30.3 Å². The van der Waals surface area contributed by atoms with Crippen molar-refractivity contribution in [3.05, 3.63) is 65.2 Å². The molecule has 2 aromatic carbocycles. The van der Waals surface area contributed by atoms with Gasteiger partial charge in [-0.2, -0.15) is 0 Å². The van der Waals surface area contributed by atoms with E-state index < -0.39 is 59.9 Å². The summed E-state index contributed by atoms with van der Waals surface area (Å²) in [7, 11) is 0. The maximum Gasteiger partial charge on any atom is 0.254 e. The maximum absolute atomic E-state index is 14.6. The minimum Gasteiger partial charge on any atom is -0.483 e. The van der Waals surface area contributed by atoms with Crippen LogP contribution in [0.1, 0.15) is 35.2 Å². The Balaban J connectivity index is 1.52. The Morgan fingerprint density at radius 3 is 2.35 bits per heavy atom. The van der Waals surface area contributed by atoms with Gasteiger partial charge in [-0.3, -0.25) is 14.4 Å². The number of ether oxygens (including phenoxy) is 1. The predicted octanol–water partition coefficient (Wildman–Crippen LogP) is 2.57. The van der Waals surface area contributed by atoms with Gasteiger partial charge in [0.15, 0.2) is 17.4 Å². The fourth-order valence-corrected chi connectivity index (χ4v) is 4.48. The van der Waals surface area contributed by atoms with Crippen molar-refractivity contribution >= 4 is 17.7 Å². The van der Waals surface area contributed by atoms with Crippen molar-refractivity contribution in [1.29, 1.82) is 0 Å². The standard InChI is InChI=1S/C24H24F3N3O4/c25-16-11-20(24(33)29-8-4-7-19(29)22(28)31)30(12-16)23(32)15-9-17(26)21(18(27)10-15)34-13-14-5-2-1-3-6-14/h1-3,5-6,9-10,16,19-20H,4,7-8,11-13H2,(H2,28,31). The number of carbonyl (C=O) groups is 3. The molecule has 2 aliphatic heterocycles. The minimum absolute atomic E-state index is 0.0783. The average Bonchev–Trinajstić information content (AvgIpc) is 3.45. The molecule has 2 fully saturated rings. The van der Waals surface area contributed by atoms with Crippen LogP contribution in [0.4, 0.5) is 13.2 Å². The smallest absolute Gasteiger partial charge is 0.254 e. The molecular weight excluding hydrogens is 451 g/mol. The molecule has 2 aromatic rings. The summed E-state index contributed by atoms with van der Waals surface area (Å²) in [4.78, 5) is 40.0. The highest BCUT2D eigenvalue weighted by Crippen LogP contribution is 2.30. The van der Waals surface area contributed by atoms with Crippen LogP contribution >= 0.6 is 0 Å². The summed E-state index contributed by atoms with van der Waals surface area (Å²) in [5.74, 6) is -4.98. The molecule has 180 valence electrons. The Morgan fingerprint density at radius 2 is 1.71 bits per heavy atom. The van der Waals surface area contributed by atoms with Crippen LogP contribution in [0.3, 0.4) is 0 Å². The molecule has 2 aliphatic rings. The third kappa shape index (κ3) is 4.71. The van der Waals surface area contributed by atoms with Crippen LogP contribution in [0.15, 0.2) is 42.5 Å². The lowest BCUT2D eigenvalue weighted by Crippen LogP contribution is -2.52. The van der Waals surface area contributed by atoms with Crippen molar-refractivity contribution in [1.82, 2.24) is 9.80 Å². The zero-order valence-electron chi connectivity index (χ0n) is 18.3. The molecule has 2 heterocycles. The highest BCUT2D eigenvalue weighted by atomic mass is 19.1. The number of likely N-dealkylation sites (tertiary alicyclic amines) is 2. The highest BCUT2D eigenvalue weighted by molar-refractivity contribution is 5.99. The van der Waals surface area contributed by atoms with Gasteiger partial charge in [0.05, 0.1) is 6.54 Å². The van der Waals surface area contributed by atoms with E-state index in [9.17, 15) is 27.6 Å². The van der Waals surface area contributed by atoms with Crippen LogP contribution in [-0.4, -0.2) is 58.9 Å². The molecule has 7 nitrogen and oxygen atoms in total. The van der Waals surface area contributed by atoms with E-state index in [4.69, 9.17) is 10.5 Å². The second-order valence-corrected chi connectivity index (χ2v) is 8.44. The van der Waals surface area contributed by atoms with Crippen molar-refractivity contribution in [2.24, 2.45) is 5.73 Å². The lowest BCUT2D eigenvalue weighted by atomic mass is 10.1. The van der Waals surface area contributed by atoms with E-state index >= 15 is 0 Å². The largest absolute Gasteiger partial charge is 0.483 e. The number of halogens is 3. The van der Waals surface area contributed by atoms with Gasteiger partial charge in [-0.05, 0) is 30.5 Å². The topological polar surface area (TPSA) is 92.9 Å². The van der Waals surface area contributed by atoms with Crippen LogP contribution in [0.25, 0.3) is 0 Å². The van der Waals surface area contributed by atoms with Crippen molar-refractivity contribution in [2.45, 2.75) is 44.1 Å². The summed E-state index contributed by atoms with van der Waals surface area (Å²) in [6, 6.07) is 8.37. The Kier molecular flexibility index (Phi) is 6.76. The third-order valence-electron chi connectivity index (χ3n) is 6.13. The molecule has 3 amide bonds. The van der Waals surface area contributed by atoms with Crippen LogP contribution in [-0.2, 0) is 16.2 Å². The molecule has 0 aromatic heterocycles. The van der Waals surface area contributed by atoms with Gasteiger partial charge in [-0.1, -0.05) is 30.3 Å². The number of nitrogens with two attached hydrogens (primary N) is 1. The zero-order valence-corrected chi connectivity index (χ0v) is 18.3. The van der Waals surface area contributed by atoms with Crippen LogP contribution in [0.2, 0.25) is 0 Å². The molecule has 0 aliphatic carbocycles. The van der Waals surface area contributed by atoms with Crippen molar-refractivity contribution < 1.29 is 32.3 Å². The minimum atomic E-state index is -1.49. The van der Waals surface area contributed by atoms with Crippen LogP contribution in [0.5, 0.6) is 5.75 Å². The van der Waals surface area contributed by atoms with Gasteiger partial charge >= 0.3 is 0 Å². The van der Waals surface area contributed by atoms with Gasteiger partial charge < -0.3 is 20.3 Å². The Labute approximate surface area is 194 Å². The second kappa shape index (κ2) is 9.74. The fraction of sp³-hybridized carbons (Fsp3) is 0.375. The van der Waals surface area contributed by atoms with Crippen LogP contribution in [0, 0.1) is 11.6 Å². The van der Waals surface area contributed by atoms with Gasteiger partial charge in [0.25, 0.3) is 5.91 Å². The predicted molar refractivity (Wildman–Crippen MR) is 115 cm³/mol. The number of alkyl halides is 1. The summed E-state index contributed by atoms with van der Waals surface area (Å²) in [5.41, 5.74) is 5.69. The van der Waals surface area contributed by atoms with Crippen molar-refractivity contribution in [2.75, 3.05) is 13.1 Å². The van der Waals surface area contributed by atoms with Gasteiger partial charge in [-0.25, -0.2) is 13.2 Å². The summed E-state index contributed by atoms with van der Waals surface area (Å²) >= 11 is 0. The number of benzene rings is 2. The first-order chi connectivity index (χ1) is 16.3. The van der Waals surface area contributed by atoms with Crippen molar-refractivity contribution in [3.63, 3.8) is 0 Å². The number of hydrogen-bond donors (Lipinski definition) is 1. The Hall–Kier alpha value is -3.56. The maximum atomic E-state index is 14.6. The molecule has 0 bridgehead atoms. The Morgan fingerprint density at radius 1 is 1.03 bits per heavy atom. The monoisotopic (exact) mass is 475 g/mol. The first-order valence-corrected chi connectivity index (χ1v) is 11.0. The number of amides is 3. The lowest BCUT2D eigenvalue weighted by Gasteiger charge is -2.30. The summed E-state index contributed by atoms with van der Waals surface area (Å²) in [6.45, 7) is -0.219. The highest BCUT2D eigenvalue weighted by Gasteiger charge is 2.45. The molecule has 2 saturated heterocycles. The van der Waals surface area contributed by atoms with Gasteiger partial charge in [0, 0.05) is 18.5 Å². The SMILES string of the molecule is NC(=O)C1CCCN1C(=O)C1CC(F)CN1C(=O)c1cc(F)c(OCc2ccccc2)c(F)c1. The zero-order chi connectivity index (χ0) is 24.4. The molecule has 10 heteroatoms. The molecule has 0 spiro atoms. The molecule has 2 N–H and O–H groups in total. The number of hydrogen-bond acceptors (Lipinski definition) is 4. The van der Waals surface area contributed by atoms with Crippen LogP contribution < -0.4 is 10.5 Å². The lowest BCUT2D eigenvalue weighted by molar-refractivity contribution is -0.140. The fourth-order valence-electron chi connectivity index (χ4n) is 4.48. The number of rotatable bonds is 6. The van der Waals surface area contributed by atoms with E-state index in [1.165, 1.54) is 4.90 Å². The summed E-state index contributed by atoms with van der Waals surface area (Å²) in [6.07, 6.45) is -0.812. The second-order valence-electron chi connectivity index (χ2n) is 8.44. The Bertz CT molecular complexity index is 1080. The average molecular weight is 475 g/mol. The molecular formula is C24H24F3N3O4. The molecule has 4 rings (SSSR count). The summed E-state index contributed by atoms with van der Waals surface area (Å²) < 4.78 is 48.8. The van der Waals surface area contributed by atoms with E-state index in [0.29, 0.717) is 18.4 Å². The van der Waals surface area contributed by atoms with E-state index in [2.05, 4.69) is 0 Å². The quantitative estimate of drug-likeness (QED) is 0.695. The normalized spacial score (nSPS) is 22.1. The van der Waals surface area contributed by atoms with Gasteiger partial charge in [-0.15, -0.1) is 0 Å². The van der Waals surface area contributed by atoms with E-state index in [0.717, 1.165) is 17.0 Å². The first kappa shape index (κ1) is 23.6. The number of nitrogens with zero attached hydrogens (tertiary/aromatic N) is 2. The summed E-state index contributed by atoms with van der Waals surface area (Å²) in [5, 5.41) is 0. The van der Waals surface area contributed by atoms with Gasteiger partial charge in [0.1, 0.15) is 24.9 Å². The molecule has 0 radical (unpaired) electrons. The molecule has 34 heavy (non-hydrogen) atoms. The van der Waals surface area contributed by atoms with Gasteiger partial charge in [0.2, 0.25) is 11.8 Å². The first-order valence-electron chi connectivity index (χ1n) is 11.0. The van der Waals surface area contributed by atoms with Crippen molar-refractivity contribution in [3.8, 4) is 5.75 Å². The van der Waals surface area contributed by atoms with E-state index in [-0.39, 0.29) is 25.1 Å². The number of primary amides is 1. The third-order valence-corrected chi connectivity index (χ3v) is 6.13.